The van der Waals surface area contributed by atoms with Crippen molar-refractivity contribution in [3.8, 4) is 0 Å². The summed E-state index contributed by atoms with van der Waals surface area (Å²) < 4.78 is 0.928. The minimum Gasteiger partial charge on any atom is -0.369 e. The first kappa shape index (κ1) is 10.2. The zero-order chi connectivity index (χ0) is 7.98. The van der Waals surface area contributed by atoms with Gasteiger partial charge in [0.05, 0.1) is 0 Å². The van der Waals surface area contributed by atoms with Crippen molar-refractivity contribution in [2.24, 2.45) is 0 Å². The molecule has 60 valence electrons. The van der Waals surface area contributed by atoms with E-state index in [0.717, 1.165) is 16.5 Å². The molecule has 0 unspecified atom stereocenters. The normalized spacial score (nSPS) is 12.7. The van der Waals surface area contributed by atoms with Crippen molar-refractivity contribution >= 4 is 28.3 Å². The lowest BCUT2D eigenvalue weighted by Crippen LogP contribution is -2.28. The zero-order valence-electron chi connectivity index (χ0n) is 6.81. The Labute approximate surface area is 73.0 Å². The number of hydrogen-bond donors (Lipinski definition) is 1. The highest BCUT2D eigenvalue weighted by atomic mass is 32.2. The molecule has 0 aromatic rings. The highest BCUT2D eigenvalue weighted by Crippen LogP contribution is 2.01. The van der Waals surface area contributed by atoms with E-state index < -0.39 is 0 Å². The Hall–Kier alpha value is 0.240. The highest BCUT2D eigenvalue weighted by molar-refractivity contribution is 8.22. The van der Waals surface area contributed by atoms with Gasteiger partial charge in [0.15, 0.2) is 0 Å². The van der Waals surface area contributed by atoms with Gasteiger partial charge in [-0.2, -0.15) is 0 Å². The molecule has 0 fully saturated rings. The molecule has 0 saturated carbocycles. The highest BCUT2D eigenvalue weighted by Gasteiger charge is 1.99. The molecule has 3 heteroatoms. The summed E-state index contributed by atoms with van der Waals surface area (Å²) in [6.45, 7) is 6.40. The van der Waals surface area contributed by atoms with Crippen LogP contribution < -0.4 is 5.32 Å². The van der Waals surface area contributed by atoms with Crippen molar-refractivity contribution in [3.63, 3.8) is 0 Å². The molecule has 1 N–H and O–H groups in total. The summed E-state index contributed by atoms with van der Waals surface area (Å²) >= 11 is 6.74. The largest absolute Gasteiger partial charge is 0.369 e. The van der Waals surface area contributed by atoms with E-state index in [1.165, 1.54) is 0 Å². The zero-order valence-corrected chi connectivity index (χ0v) is 8.44. The minimum absolute atomic E-state index is 0.520. The first-order chi connectivity index (χ1) is 4.70. The van der Waals surface area contributed by atoms with Gasteiger partial charge in [-0.1, -0.05) is 37.8 Å². The summed E-state index contributed by atoms with van der Waals surface area (Å²) in [5.41, 5.74) is 0. The van der Waals surface area contributed by atoms with Crippen molar-refractivity contribution in [1.29, 1.82) is 0 Å². The third-order valence-corrected chi connectivity index (χ3v) is 2.39. The van der Waals surface area contributed by atoms with Crippen LogP contribution in [0.15, 0.2) is 0 Å². The molecule has 0 aliphatic heterocycles. The van der Waals surface area contributed by atoms with Crippen molar-refractivity contribution in [2.75, 3.05) is 5.75 Å². The molecule has 0 rings (SSSR count). The van der Waals surface area contributed by atoms with Gasteiger partial charge in [0, 0.05) is 6.04 Å². The van der Waals surface area contributed by atoms with Gasteiger partial charge < -0.3 is 5.32 Å². The van der Waals surface area contributed by atoms with Crippen LogP contribution in [0.4, 0.5) is 0 Å². The lowest BCUT2D eigenvalue weighted by Gasteiger charge is -2.11. The number of rotatable bonds is 3. The lowest BCUT2D eigenvalue weighted by atomic mass is 10.3. The van der Waals surface area contributed by atoms with Gasteiger partial charge in [-0.05, 0) is 19.1 Å². The summed E-state index contributed by atoms with van der Waals surface area (Å²) in [5, 5.41) is 3.22. The lowest BCUT2D eigenvalue weighted by molar-refractivity contribution is 0.651. The first-order valence-corrected chi connectivity index (χ1v) is 5.03. The maximum atomic E-state index is 5.05. The number of hydrogen-bond acceptors (Lipinski definition) is 2. The Morgan fingerprint density at radius 3 is 2.60 bits per heavy atom. The predicted molar refractivity (Wildman–Crippen MR) is 53.6 cm³/mol. The Morgan fingerprint density at radius 1 is 1.60 bits per heavy atom. The molecule has 1 nitrogen and oxygen atoms in total. The van der Waals surface area contributed by atoms with Crippen LogP contribution in [-0.2, 0) is 0 Å². The van der Waals surface area contributed by atoms with E-state index in [4.69, 9.17) is 12.2 Å². The Morgan fingerprint density at radius 2 is 2.20 bits per heavy atom. The number of nitrogens with one attached hydrogen (secondary N) is 1. The molecule has 1 atom stereocenters. The van der Waals surface area contributed by atoms with Gasteiger partial charge in [0.1, 0.15) is 4.32 Å². The van der Waals surface area contributed by atoms with Crippen molar-refractivity contribution < 1.29 is 0 Å². The average Bonchev–Trinajstić information content (AvgIpc) is 1.88. The van der Waals surface area contributed by atoms with E-state index in [9.17, 15) is 0 Å². The summed E-state index contributed by atoms with van der Waals surface area (Å²) in [6, 6.07) is 0.520. The third kappa shape index (κ3) is 5.06. The molecular formula is C7H15NS2. The fraction of sp³-hybridized carbons (Fsp3) is 0.857. The molecule has 0 radical (unpaired) electrons. The van der Waals surface area contributed by atoms with Crippen LogP contribution in [0.2, 0.25) is 0 Å². The van der Waals surface area contributed by atoms with Crippen LogP contribution in [0.5, 0.6) is 0 Å². The Kier molecular flexibility index (Phi) is 6.13. The molecule has 0 spiro atoms. The third-order valence-electron chi connectivity index (χ3n) is 1.25. The summed E-state index contributed by atoms with van der Waals surface area (Å²) in [5.74, 6) is 1.06. The molecular weight excluding hydrogens is 162 g/mol. The van der Waals surface area contributed by atoms with Crippen LogP contribution in [0.1, 0.15) is 27.2 Å². The first-order valence-electron chi connectivity index (χ1n) is 3.64. The van der Waals surface area contributed by atoms with Crippen LogP contribution >= 0.6 is 24.0 Å². The second-order valence-corrected chi connectivity index (χ2v) is 4.12. The van der Waals surface area contributed by atoms with Crippen molar-refractivity contribution in [3.05, 3.63) is 0 Å². The minimum atomic E-state index is 0.520. The van der Waals surface area contributed by atoms with Gasteiger partial charge >= 0.3 is 0 Å². The van der Waals surface area contributed by atoms with Crippen LogP contribution in [-0.4, -0.2) is 16.1 Å². The Bertz CT molecular complexity index is 104. The van der Waals surface area contributed by atoms with Crippen LogP contribution in [0.3, 0.4) is 0 Å². The predicted octanol–water partition coefficient (Wildman–Crippen LogP) is 2.41. The smallest absolute Gasteiger partial charge is 0.133 e. The van der Waals surface area contributed by atoms with Crippen LogP contribution in [0, 0.1) is 0 Å². The topological polar surface area (TPSA) is 12.0 Å². The summed E-state index contributed by atoms with van der Waals surface area (Å²) in [7, 11) is 0. The van der Waals surface area contributed by atoms with E-state index in [1.54, 1.807) is 11.8 Å². The van der Waals surface area contributed by atoms with Crippen molar-refractivity contribution in [1.82, 2.24) is 5.32 Å². The molecule has 0 aromatic heterocycles. The Balaban J connectivity index is 3.37. The SMILES string of the molecule is CCSC(=S)N[C@@H](C)CC. The molecule has 0 saturated heterocycles. The van der Waals surface area contributed by atoms with Gasteiger partial charge in [-0.3, -0.25) is 0 Å². The molecule has 0 aromatic carbocycles. The average molecular weight is 177 g/mol. The molecule has 0 heterocycles. The van der Waals surface area contributed by atoms with E-state index >= 15 is 0 Å². The van der Waals surface area contributed by atoms with Gasteiger partial charge in [-0.15, -0.1) is 0 Å². The molecule has 0 aliphatic carbocycles. The molecule has 0 bridgehead atoms. The second-order valence-electron chi connectivity index (χ2n) is 2.17. The quantitative estimate of drug-likeness (QED) is 0.665. The maximum Gasteiger partial charge on any atom is 0.133 e. The van der Waals surface area contributed by atoms with Gasteiger partial charge in [0.25, 0.3) is 0 Å². The fourth-order valence-corrected chi connectivity index (χ4v) is 1.58. The van der Waals surface area contributed by atoms with Crippen molar-refractivity contribution in [2.45, 2.75) is 33.2 Å². The maximum absolute atomic E-state index is 5.05. The van der Waals surface area contributed by atoms with Crippen LogP contribution in [0.25, 0.3) is 0 Å². The number of thiocarbonyl (C=S) groups is 1. The molecule has 10 heavy (non-hydrogen) atoms. The standard InChI is InChI=1S/C7H15NS2/c1-4-6(3)8-7(9)10-5-2/h6H,4-5H2,1-3H3,(H,8,9)/t6-/m0/s1. The summed E-state index contributed by atoms with van der Waals surface area (Å²) in [6.07, 6.45) is 1.13. The second kappa shape index (κ2) is 5.98. The van der Waals surface area contributed by atoms with E-state index in [-0.39, 0.29) is 0 Å². The monoisotopic (exact) mass is 177 g/mol. The fourth-order valence-electron chi connectivity index (χ4n) is 0.476. The number of thioether (sulfide) groups is 1. The van der Waals surface area contributed by atoms with E-state index in [1.807, 2.05) is 0 Å². The summed E-state index contributed by atoms with van der Waals surface area (Å²) in [4.78, 5) is 0. The van der Waals surface area contributed by atoms with Gasteiger partial charge in [0.2, 0.25) is 0 Å². The van der Waals surface area contributed by atoms with Gasteiger partial charge in [-0.25, -0.2) is 0 Å². The van der Waals surface area contributed by atoms with E-state index in [0.29, 0.717) is 6.04 Å². The molecule has 0 aliphatic rings. The van der Waals surface area contributed by atoms with E-state index in [2.05, 4.69) is 26.1 Å². The molecule has 0 amide bonds.